The largest absolute Gasteiger partial charge is 0.490 e. The molecule has 0 aliphatic carbocycles. The second kappa shape index (κ2) is 13.6. The fraction of sp³-hybridized carbons (Fsp3) is 0.513. The first-order valence-corrected chi connectivity index (χ1v) is 17.8. The van der Waals surface area contributed by atoms with Crippen molar-refractivity contribution in [1.29, 1.82) is 0 Å². The van der Waals surface area contributed by atoms with Gasteiger partial charge in [0.15, 0.2) is 17.7 Å². The number of aryl methyl sites for hydroxylation is 2. The van der Waals surface area contributed by atoms with Gasteiger partial charge in [-0.1, -0.05) is 0 Å². The fourth-order valence-corrected chi connectivity index (χ4v) is 7.94. The SMILES string of the molecule is Cc1nc2c(cc(-c3ccnc(N4CCCN(C5CCOC5)CC4)c3)n2C)c(-c2cc(F)c3c(c2C)CCCO3)c1[C@H](OC(C)(C)C)C(=O)O. The van der Waals surface area contributed by atoms with E-state index in [0.717, 1.165) is 92.2 Å². The molecule has 0 bridgehead atoms. The molecule has 4 aromatic rings. The van der Waals surface area contributed by atoms with Gasteiger partial charge in [0.2, 0.25) is 0 Å². The van der Waals surface area contributed by atoms with E-state index in [1.54, 1.807) is 0 Å². The highest BCUT2D eigenvalue weighted by atomic mass is 19.1. The number of fused-ring (bicyclic) bond motifs is 2. The third-order valence-corrected chi connectivity index (χ3v) is 10.4. The van der Waals surface area contributed by atoms with E-state index in [1.165, 1.54) is 6.07 Å². The number of rotatable bonds is 7. The van der Waals surface area contributed by atoms with Gasteiger partial charge in [-0.3, -0.25) is 4.90 Å². The molecule has 2 fully saturated rings. The Morgan fingerprint density at radius 1 is 1.10 bits per heavy atom. The maximum atomic E-state index is 15.9. The first-order valence-electron chi connectivity index (χ1n) is 17.8. The number of hydrogen-bond acceptors (Lipinski definition) is 8. The highest BCUT2D eigenvalue weighted by molar-refractivity contribution is 6.01. The standard InChI is InChI=1S/C39H48FN5O5/c1-23-27-9-7-17-49-35(27)30(40)20-28(23)34-29-21-31(43(6)37(29)42-24(2)33(34)36(38(46)47)50-39(3,4)5)25-10-12-41-32(19-25)45-14-8-13-44(15-16-45)26-11-18-48-22-26/h10,12,19-21,26,36H,7-9,11,13-18,22H2,1-6H3,(H,46,47)/t26?,36-/m0/s1. The topological polar surface area (TPSA) is 102 Å². The number of hydrogen-bond donors (Lipinski definition) is 1. The van der Waals surface area contributed by atoms with Crippen molar-refractivity contribution < 1.29 is 28.5 Å². The minimum Gasteiger partial charge on any atom is -0.490 e. The van der Waals surface area contributed by atoms with Crippen molar-refractivity contribution in [2.75, 3.05) is 50.9 Å². The number of aliphatic carboxylic acids is 1. The van der Waals surface area contributed by atoms with Crippen LogP contribution in [-0.4, -0.2) is 88.2 Å². The Labute approximate surface area is 293 Å². The van der Waals surface area contributed by atoms with Gasteiger partial charge in [0.25, 0.3) is 0 Å². The lowest BCUT2D eigenvalue weighted by atomic mass is 9.86. The first-order chi connectivity index (χ1) is 23.9. The molecule has 1 unspecified atom stereocenters. The second-order valence-electron chi connectivity index (χ2n) is 14.8. The zero-order valence-corrected chi connectivity index (χ0v) is 30.0. The van der Waals surface area contributed by atoms with E-state index in [1.807, 2.05) is 64.6 Å². The van der Waals surface area contributed by atoms with Crippen molar-refractivity contribution in [2.45, 2.75) is 78.0 Å². The smallest absolute Gasteiger partial charge is 0.337 e. The van der Waals surface area contributed by atoms with Crippen LogP contribution in [0.25, 0.3) is 33.4 Å². The average Bonchev–Trinajstić information content (AvgIpc) is 3.66. The van der Waals surface area contributed by atoms with Gasteiger partial charge in [0, 0.05) is 85.4 Å². The predicted molar refractivity (Wildman–Crippen MR) is 191 cm³/mol. The van der Waals surface area contributed by atoms with Gasteiger partial charge in [-0.05, 0) is 95.7 Å². The third kappa shape index (κ3) is 6.47. The number of pyridine rings is 2. The first kappa shape index (κ1) is 34.4. The lowest BCUT2D eigenvalue weighted by Crippen LogP contribution is -2.38. The molecule has 0 radical (unpaired) electrons. The molecular formula is C39H48FN5O5. The summed E-state index contributed by atoms with van der Waals surface area (Å²) in [5.41, 5.74) is 5.63. The summed E-state index contributed by atoms with van der Waals surface area (Å²) in [4.78, 5) is 27.7. The van der Waals surface area contributed by atoms with E-state index >= 15 is 4.39 Å². The van der Waals surface area contributed by atoms with Gasteiger partial charge in [0.1, 0.15) is 11.5 Å². The number of halogens is 1. The molecule has 3 aliphatic heterocycles. The highest BCUT2D eigenvalue weighted by Crippen LogP contribution is 2.45. The molecule has 3 aromatic heterocycles. The Balaban J connectivity index is 1.37. The highest BCUT2D eigenvalue weighted by Gasteiger charge is 2.35. The van der Waals surface area contributed by atoms with Gasteiger partial charge in [-0.15, -0.1) is 0 Å². The Morgan fingerprint density at radius 2 is 1.92 bits per heavy atom. The minimum absolute atomic E-state index is 0.285. The number of benzene rings is 1. The maximum Gasteiger partial charge on any atom is 0.337 e. The quantitative estimate of drug-likeness (QED) is 0.230. The van der Waals surface area contributed by atoms with E-state index in [-0.39, 0.29) is 5.75 Å². The van der Waals surface area contributed by atoms with Crippen LogP contribution >= 0.6 is 0 Å². The summed E-state index contributed by atoms with van der Waals surface area (Å²) in [7, 11) is 1.97. The van der Waals surface area contributed by atoms with E-state index in [2.05, 4.69) is 15.9 Å². The Morgan fingerprint density at radius 3 is 2.66 bits per heavy atom. The van der Waals surface area contributed by atoms with Crippen LogP contribution < -0.4 is 9.64 Å². The number of aromatic nitrogens is 3. The second-order valence-corrected chi connectivity index (χ2v) is 14.8. The molecule has 2 atom stereocenters. The van der Waals surface area contributed by atoms with Crippen molar-refractivity contribution in [3.05, 3.63) is 58.7 Å². The lowest BCUT2D eigenvalue weighted by molar-refractivity contribution is -0.160. The van der Waals surface area contributed by atoms with Crippen LogP contribution in [0.15, 0.2) is 30.5 Å². The number of carboxylic acid groups (broad SMARTS) is 1. The molecule has 10 nitrogen and oxygen atoms in total. The normalized spacial score (nSPS) is 19.3. The van der Waals surface area contributed by atoms with Gasteiger partial charge >= 0.3 is 5.97 Å². The van der Waals surface area contributed by atoms with E-state index in [9.17, 15) is 9.90 Å². The van der Waals surface area contributed by atoms with Crippen LogP contribution in [-0.2, 0) is 27.7 Å². The molecule has 1 aromatic carbocycles. The number of carboxylic acids is 1. The molecule has 11 heteroatoms. The summed E-state index contributed by atoms with van der Waals surface area (Å²) >= 11 is 0. The summed E-state index contributed by atoms with van der Waals surface area (Å²) < 4.78 is 35.6. The summed E-state index contributed by atoms with van der Waals surface area (Å²) in [6, 6.07) is 8.15. The molecule has 2 saturated heterocycles. The Bertz CT molecular complexity index is 1930. The van der Waals surface area contributed by atoms with Crippen molar-refractivity contribution in [3.63, 3.8) is 0 Å². The predicted octanol–water partition coefficient (Wildman–Crippen LogP) is 6.63. The van der Waals surface area contributed by atoms with E-state index in [4.69, 9.17) is 24.2 Å². The van der Waals surface area contributed by atoms with Gasteiger partial charge < -0.3 is 28.8 Å². The molecule has 0 saturated carbocycles. The van der Waals surface area contributed by atoms with Crippen molar-refractivity contribution in [3.8, 4) is 28.1 Å². The molecular weight excluding hydrogens is 637 g/mol. The monoisotopic (exact) mass is 685 g/mol. The number of nitrogens with zero attached hydrogens (tertiary/aromatic N) is 5. The number of ether oxygens (including phenoxy) is 3. The Hall–Kier alpha value is -4.06. The van der Waals surface area contributed by atoms with Crippen molar-refractivity contribution in [2.24, 2.45) is 7.05 Å². The molecule has 7 rings (SSSR count). The van der Waals surface area contributed by atoms with Crippen LogP contribution in [0.2, 0.25) is 0 Å². The van der Waals surface area contributed by atoms with Crippen molar-refractivity contribution in [1.82, 2.24) is 19.4 Å². The van der Waals surface area contributed by atoms with Gasteiger partial charge in [-0.25, -0.2) is 19.2 Å². The van der Waals surface area contributed by atoms with Gasteiger partial charge in [0.05, 0.1) is 24.5 Å². The lowest BCUT2D eigenvalue weighted by Gasteiger charge is -2.29. The molecule has 0 spiro atoms. The zero-order chi connectivity index (χ0) is 35.3. The molecule has 266 valence electrons. The number of anilines is 1. The summed E-state index contributed by atoms with van der Waals surface area (Å²) in [6.07, 6.45) is 4.12. The van der Waals surface area contributed by atoms with Crippen LogP contribution in [0.1, 0.15) is 68.5 Å². The van der Waals surface area contributed by atoms with E-state index in [0.29, 0.717) is 47.1 Å². The van der Waals surface area contributed by atoms with Crippen LogP contribution in [0, 0.1) is 19.7 Å². The fourth-order valence-electron chi connectivity index (χ4n) is 7.94. The zero-order valence-electron chi connectivity index (χ0n) is 30.0. The van der Waals surface area contributed by atoms with E-state index < -0.39 is 23.5 Å². The summed E-state index contributed by atoms with van der Waals surface area (Å²) in [5, 5.41) is 11.3. The third-order valence-electron chi connectivity index (χ3n) is 10.4. The maximum absolute atomic E-state index is 15.9. The molecule has 0 amide bonds. The summed E-state index contributed by atoms with van der Waals surface area (Å²) in [5.74, 6) is -0.382. The molecule has 50 heavy (non-hydrogen) atoms. The molecule has 3 aliphatic rings. The molecule has 1 N–H and O–H groups in total. The minimum atomic E-state index is -1.33. The van der Waals surface area contributed by atoms with Gasteiger partial charge in [-0.2, -0.15) is 0 Å². The van der Waals surface area contributed by atoms with Crippen LogP contribution in [0.5, 0.6) is 5.75 Å². The van der Waals surface area contributed by atoms with Crippen LogP contribution in [0.4, 0.5) is 10.2 Å². The summed E-state index contributed by atoms with van der Waals surface area (Å²) in [6.45, 7) is 15.2. The Kier molecular flexibility index (Phi) is 9.34. The van der Waals surface area contributed by atoms with Crippen molar-refractivity contribution >= 4 is 22.8 Å². The number of carbonyl (C=O) groups is 1. The average molecular weight is 686 g/mol. The molecule has 6 heterocycles. The van der Waals surface area contributed by atoms with Crippen LogP contribution in [0.3, 0.4) is 0 Å².